The Labute approximate surface area is 128 Å². The van der Waals surface area contributed by atoms with Gasteiger partial charge in [-0.25, -0.2) is 0 Å². The normalized spacial score (nSPS) is 22.2. The highest BCUT2D eigenvalue weighted by Crippen LogP contribution is 2.20. The molecule has 1 fully saturated rings. The van der Waals surface area contributed by atoms with Crippen molar-refractivity contribution in [2.75, 3.05) is 38.6 Å². The molecule has 1 aromatic rings. The number of likely N-dealkylation sites (tertiary alicyclic amines) is 1. The summed E-state index contributed by atoms with van der Waals surface area (Å²) in [5.74, 6) is 0.653. The van der Waals surface area contributed by atoms with E-state index >= 15 is 0 Å². The number of nitrogens with one attached hydrogen (secondary N) is 1. The fourth-order valence-corrected chi connectivity index (χ4v) is 3.00. The van der Waals surface area contributed by atoms with Gasteiger partial charge in [0.1, 0.15) is 0 Å². The van der Waals surface area contributed by atoms with Gasteiger partial charge in [-0.3, -0.25) is 4.79 Å². The second kappa shape index (κ2) is 6.94. The first kappa shape index (κ1) is 15.8. The van der Waals surface area contributed by atoms with Crippen molar-refractivity contribution < 1.29 is 4.79 Å². The summed E-state index contributed by atoms with van der Waals surface area (Å²) >= 11 is 0. The Kier molecular flexibility index (Phi) is 5.23. The zero-order valence-corrected chi connectivity index (χ0v) is 13.6. The van der Waals surface area contributed by atoms with Crippen LogP contribution in [0.3, 0.4) is 0 Å². The van der Waals surface area contributed by atoms with Gasteiger partial charge in [-0.1, -0.05) is 19.9 Å². The van der Waals surface area contributed by atoms with E-state index < -0.39 is 0 Å². The van der Waals surface area contributed by atoms with Crippen LogP contribution in [0.5, 0.6) is 0 Å². The molecule has 1 heterocycles. The third kappa shape index (κ3) is 3.76. The Hall–Kier alpha value is -1.55. The van der Waals surface area contributed by atoms with Crippen LogP contribution in [0.25, 0.3) is 0 Å². The second-order valence-corrected chi connectivity index (χ2v) is 6.13. The highest BCUT2D eigenvalue weighted by molar-refractivity contribution is 5.95. The predicted molar refractivity (Wildman–Crippen MR) is 87.9 cm³/mol. The number of rotatable bonds is 4. The Bertz CT molecular complexity index is 487. The molecule has 2 rings (SSSR count). The Morgan fingerprint density at radius 2 is 2.19 bits per heavy atom. The average molecular weight is 289 g/mol. The monoisotopic (exact) mass is 289 g/mol. The number of carbonyl (C=O) groups excluding carboxylic acids is 1. The van der Waals surface area contributed by atoms with Gasteiger partial charge in [-0.2, -0.15) is 0 Å². The molecule has 4 nitrogen and oxygen atoms in total. The Morgan fingerprint density at radius 1 is 1.43 bits per heavy atom. The lowest BCUT2D eigenvalue weighted by Crippen LogP contribution is -2.50. The van der Waals surface area contributed by atoms with Gasteiger partial charge in [0, 0.05) is 44.5 Å². The molecule has 0 bridgehead atoms. The number of nitrogens with zero attached hydrogens (tertiary/aromatic N) is 2. The predicted octanol–water partition coefficient (Wildman–Crippen LogP) is 2.21. The molecule has 1 N–H and O–H groups in total. The fraction of sp³-hybridized carbons (Fsp3) is 0.588. The smallest absolute Gasteiger partial charge is 0.253 e. The molecule has 1 amide bonds. The first-order valence-electron chi connectivity index (χ1n) is 7.83. The van der Waals surface area contributed by atoms with Gasteiger partial charge < -0.3 is 15.1 Å². The molecule has 2 atom stereocenters. The molecule has 0 aliphatic carbocycles. The summed E-state index contributed by atoms with van der Waals surface area (Å²) in [4.78, 5) is 16.7. The van der Waals surface area contributed by atoms with Crippen molar-refractivity contribution in [1.29, 1.82) is 0 Å². The highest BCUT2D eigenvalue weighted by Gasteiger charge is 2.28. The Morgan fingerprint density at radius 3 is 2.81 bits per heavy atom. The lowest BCUT2D eigenvalue weighted by molar-refractivity contribution is 0.0646. The van der Waals surface area contributed by atoms with Crippen LogP contribution >= 0.6 is 0 Å². The molecule has 4 heteroatoms. The van der Waals surface area contributed by atoms with Crippen LogP contribution < -0.4 is 10.2 Å². The van der Waals surface area contributed by atoms with Crippen LogP contribution in [0.2, 0.25) is 0 Å². The van der Waals surface area contributed by atoms with E-state index in [1.54, 1.807) is 0 Å². The van der Waals surface area contributed by atoms with Gasteiger partial charge in [0.05, 0.1) is 0 Å². The average Bonchev–Trinajstić information content (AvgIpc) is 2.49. The summed E-state index contributed by atoms with van der Waals surface area (Å²) in [6.07, 6.45) is 1.04. The molecular weight excluding hydrogens is 262 g/mol. The van der Waals surface area contributed by atoms with Gasteiger partial charge in [0.25, 0.3) is 5.91 Å². The molecule has 0 radical (unpaired) electrons. The van der Waals surface area contributed by atoms with Gasteiger partial charge in [-0.05, 0) is 37.1 Å². The maximum absolute atomic E-state index is 12.7. The first-order chi connectivity index (χ1) is 10.0. The van der Waals surface area contributed by atoms with E-state index in [2.05, 4.69) is 19.2 Å². The number of piperidine rings is 1. The maximum atomic E-state index is 12.7. The number of anilines is 1. The third-order valence-electron chi connectivity index (χ3n) is 4.27. The summed E-state index contributed by atoms with van der Waals surface area (Å²) in [5, 5.41) is 3.51. The molecule has 1 aromatic carbocycles. The van der Waals surface area contributed by atoms with Crippen LogP contribution in [0.15, 0.2) is 24.3 Å². The highest BCUT2D eigenvalue weighted by atomic mass is 16.2. The van der Waals surface area contributed by atoms with Crippen LogP contribution in [-0.4, -0.2) is 50.6 Å². The summed E-state index contributed by atoms with van der Waals surface area (Å²) in [6, 6.07) is 8.40. The minimum atomic E-state index is 0.153. The molecule has 0 saturated carbocycles. The van der Waals surface area contributed by atoms with E-state index in [1.807, 2.05) is 48.2 Å². The zero-order chi connectivity index (χ0) is 15.4. The number of carbonyl (C=O) groups is 1. The third-order valence-corrected chi connectivity index (χ3v) is 4.27. The molecule has 1 aliphatic heterocycles. The molecule has 1 saturated heterocycles. The number of benzene rings is 1. The van der Waals surface area contributed by atoms with E-state index in [1.165, 1.54) is 0 Å². The number of hydrogen-bond donors (Lipinski definition) is 1. The summed E-state index contributed by atoms with van der Waals surface area (Å²) in [6.45, 7) is 7.03. The van der Waals surface area contributed by atoms with Crippen molar-refractivity contribution in [2.24, 2.45) is 5.92 Å². The number of hydrogen-bond acceptors (Lipinski definition) is 3. The molecular formula is C17H27N3O. The summed E-state index contributed by atoms with van der Waals surface area (Å²) in [5.41, 5.74) is 1.85. The van der Waals surface area contributed by atoms with Gasteiger partial charge >= 0.3 is 0 Å². The Balaban J connectivity index is 2.06. The van der Waals surface area contributed by atoms with Gasteiger partial charge in [0.15, 0.2) is 0 Å². The van der Waals surface area contributed by atoms with E-state index in [9.17, 15) is 4.79 Å². The van der Waals surface area contributed by atoms with Crippen molar-refractivity contribution in [2.45, 2.75) is 26.3 Å². The van der Waals surface area contributed by atoms with Crippen molar-refractivity contribution in [1.82, 2.24) is 10.2 Å². The minimum absolute atomic E-state index is 0.153. The maximum Gasteiger partial charge on any atom is 0.253 e. The number of amides is 1. The quantitative estimate of drug-likeness (QED) is 0.923. The minimum Gasteiger partial charge on any atom is -0.378 e. The van der Waals surface area contributed by atoms with Crippen LogP contribution in [-0.2, 0) is 0 Å². The van der Waals surface area contributed by atoms with Crippen molar-refractivity contribution in [3.63, 3.8) is 0 Å². The lowest BCUT2D eigenvalue weighted by Gasteiger charge is -2.37. The lowest BCUT2D eigenvalue weighted by atomic mass is 9.93. The van der Waals surface area contributed by atoms with E-state index in [0.717, 1.165) is 37.3 Å². The molecule has 21 heavy (non-hydrogen) atoms. The molecule has 1 aliphatic rings. The molecule has 2 unspecified atom stereocenters. The van der Waals surface area contributed by atoms with Crippen molar-refractivity contribution in [3.05, 3.63) is 29.8 Å². The molecule has 0 aromatic heterocycles. The standard InChI is InChI=1S/C17H27N3O/c1-5-18-16-9-10-20(12-13(16)2)17(21)14-7-6-8-15(11-14)19(3)4/h6-8,11,13,16,18H,5,9-10,12H2,1-4H3. The van der Waals surface area contributed by atoms with Crippen molar-refractivity contribution in [3.8, 4) is 0 Å². The van der Waals surface area contributed by atoms with Crippen LogP contribution in [0.4, 0.5) is 5.69 Å². The topological polar surface area (TPSA) is 35.6 Å². The van der Waals surface area contributed by atoms with Gasteiger partial charge in [0.2, 0.25) is 0 Å². The second-order valence-electron chi connectivity index (χ2n) is 6.13. The summed E-state index contributed by atoms with van der Waals surface area (Å²) < 4.78 is 0. The first-order valence-corrected chi connectivity index (χ1v) is 7.83. The van der Waals surface area contributed by atoms with E-state index in [-0.39, 0.29) is 5.91 Å². The largest absolute Gasteiger partial charge is 0.378 e. The van der Waals surface area contributed by atoms with Crippen LogP contribution in [0, 0.1) is 5.92 Å². The SMILES string of the molecule is CCNC1CCN(C(=O)c2cccc(N(C)C)c2)CC1C. The van der Waals surface area contributed by atoms with Crippen LogP contribution in [0.1, 0.15) is 30.6 Å². The fourth-order valence-electron chi connectivity index (χ4n) is 3.00. The van der Waals surface area contributed by atoms with E-state index in [4.69, 9.17) is 0 Å². The molecule has 0 spiro atoms. The van der Waals surface area contributed by atoms with E-state index in [0.29, 0.717) is 12.0 Å². The summed E-state index contributed by atoms with van der Waals surface area (Å²) in [7, 11) is 3.99. The zero-order valence-electron chi connectivity index (χ0n) is 13.6. The van der Waals surface area contributed by atoms with Gasteiger partial charge in [-0.15, -0.1) is 0 Å². The van der Waals surface area contributed by atoms with Crippen molar-refractivity contribution >= 4 is 11.6 Å². The molecule has 116 valence electrons.